The molecule has 2 amide bonds. The van der Waals surface area contributed by atoms with Gasteiger partial charge in [0.1, 0.15) is 11.4 Å². The fraction of sp³-hybridized carbons (Fsp3) is 0. The van der Waals surface area contributed by atoms with E-state index >= 15 is 0 Å². The quantitative estimate of drug-likeness (QED) is 0.472. The van der Waals surface area contributed by atoms with E-state index < -0.39 is 16.7 Å². The number of hydrogen-bond acceptors (Lipinski definition) is 5. The van der Waals surface area contributed by atoms with Gasteiger partial charge in [-0.05, 0) is 34.1 Å². The van der Waals surface area contributed by atoms with Gasteiger partial charge in [0.25, 0.3) is 17.5 Å². The van der Waals surface area contributed by atoms with E-state index in [1.165, 1.54) is 30.5 Å². The summed E-state index contributed by atoms with van der Waals surface area (Å²) in [6.07, 6.45) is 1.44. The van der Waals surface area contributed by atoms with Crippen LogP contribution in [0.1, 0.15) is 20.7 Å². The van der Waals surface area contributed by atoms with Crippen LogP contribution < -0.4 is 4.90 Å². The van der Waals surface area contributed by atoms with Crippen LogP contribution in [0.25, 0.3) is 0 Å². The molecule has 104 valence electrons. The van der Waals surface area contributed by atoms with E-state index in [1.54, 1.807) is 6.07 Å². The first kappa shape index (κ1) is 13.4. The first-order valence-corrected chi connectivity index (χ1v) is 6.57. The summed E-state index contributed by atoms with van der Waals surface area (Å²) in [5, 5.41) is 11.0. The summed E-state index contributed by atoms with van der Waals surface area (Å²) in [4.78, 5) is 39.8. The average Bonchev–Trinajstić information content (AvgIpc) is 2.72. The van der Waals surface area contributed by atoms with Crippen molar-refractivity contribution in [2.45, 2.75) is 0 Å². The lowest BCUT2D eigenvalue weighted by atomic mass is 10.1. The van der Waals surface area contributed by atoms with Gasteiger partial charge in [-0.25, -0.2) is 9.88 Å². The molecule has 8 heteroatoms. The van der Waals surface area contributed by atoms with Gasteiger partial charge < -0.3 is 0 Å². The summed E-state index contributed by atoms with van der Waals surface area (Å²) < 4.78 is 0.689. The lowest BCUT2D eigenvalue weighted by Crippen LogP contribution is -2.30. The van der Waals surface area contributed by atoms with Crippen molar-refractivity contribution in [1.82, 2.24) is 4.98 Å². The normalized spacial score (nSPS) is 13.5. The topological polar surface area (TPSA) is 93.4 Å². The average molecular weight is 348 g/mol. The summed E-state index contributed by atoms with van der Waals surface area (Å²) in [5.74, 6) is -1.23. The summed E-state index contributed by atoms with van der Waals surface area (Å²) in [7, 11) is 0. The first-order chi connectivity index (χ1) is 10.0. The van der Waals surface area contributed by atoms with Crippen molar-refractivity contribution in [2.24, 2.45) is 0 Å². The molecule has 0 saturated carbocycles. The number of aromatic nitrogens is 1. The van der Waals surface area contributed by atoms with E-state index in [0.717, 1.165) is 4.90 Å². The molecule has 7 nitrogen and oxygen atoms in total. The van der Waals surface area contributed by atoms with Crippen LogP contribution in [0.15, 0.2) is 41.0 Å². The van der Waals surface area contributed by atoms with Gasteiger partial charge >= 0.3 is 0 Å². The van der Waals surface area contributed by atoms with E-state index in [2.05, 4.69) is 20.9 Å². The SMILES string of the molecule is O=C1c2cccc([N+](=O)[O-])c2C(=O)N1c1ccc(Br)cn1. The summed E-state index contributed by atoms with van der Waals surface area (Å²) in [6.45, 7) is 0. The molecule has 0 bridgehead atoms. The van der Waals surface area contributed by atoms with Gasteiger partial charge in [-0.3, -0.25) is 19.7 Å². The van der Waals surface area contributed by atoms with Gasteiger partial charge in [0, 0.05) is 16.7 Å². The van der Waals surface area contributed by atoms with Crippen LogP contribution in [0.2, 0.25) is 0 Å². The molecule has 0 fully saturated rings. The smallest absolute Gasteiger partial charge is 0.268 e. The molecule has 1 aliphatic rings. The first-order valence-electron chi connectivity index (χ1n) is 5.78. The number of nitrogens with zero attached hydrogens (tertiary/aromatic N) is 3. The molecular formula is C13H6BrN3O4. The van der Waals surface area contributed by atoms with Crippen LogP contribution in [0, 0.1) is 10.1 Å². The standard InChI is InChI=1S/C13H6BrN3O4/c14-7-4-5-10(15-6-7)16-12(18)8-2-1-3-9(17(20)21)11(8)13(16)19/h1-6H. The predicted octanol–water partition coefficient (Wildman–Crippen LogP) is 2.55. The maximum Gasteiger partial charge on any atom is 0.283 e. The zero-order chi connectivity index (χ0) is 15.1. The van der Waals surface area contributed by atoms with Crippen LogP contribution in [-0.2, 0) is 0 Å². The van der Waals surface area contributed by atoms with Crippen molar-refractivity contribution >= 4 is 39.2 Å². The maximum absolute atomic E-state index is 12.4. The number of imide groups is 1. The fourth-order valence-corrected chi connectivity index (χ4v) is 2.36. The van der Waals surface area contributed by atoms with Crippen LogP contribution >= 0.6 is 15.9 Å². The van der Waals surface area contributed by atoms with Crippen molar-refractivity contribution in [1.29, 1.82) is 0 Å². The van der Waals surface area contributed by atoms with Gasteiger partial charge in [-0.2, -0.15) is 0 Å². The Kier molecular flexibility index (Phi) is 3.02. The molecule has 3 rings (SSSR count). The second kappa shape index (κ2) is 4.74. The Morgan fingerprint density at radius 1 is 1.14 bits per heavy atom. The zero-order valence-electron chi connectivity index (χ0n) is 10.3. The predicted molar refractivity (Wildman–Crippen MR) is 76.2 cm³/mol. The summed E-state index contributed by atoms with van der Waals surface area (Å²) in [5.41, 5.74) is -0.568. The summed E-state index contributed by atoms with van der Waals surface area (Å²) in [6, 6.07) is 7.07. The molecule has 1 aromatic carbocycles. The summed E-state index contributed by atoms with van der Waals surface area (Å²) >= 11 is 3.20. The van der Waals surface area contributed by atoms with Crippen LogP contribution in [0.3, 0.4) is 0 Å². The third kappa shape index (κ3) is 2.00. The number of nitro groups is 1. The van der Waals surface area contributed by atoms with Gasteiger partial charge in [-0.1, -0.05) is 6.07 Å². The van der Waals surface area contributed by atoms with Crippen molar-refractivity contribution in [3.63, 3.8) is 0 Å². The van der Waals surface area contributed by atoms with E-state index in [0.29, 0.717) is 4.47 Å². The fourth-order valence-electron chi connectivity index (χ4n) is 2.13. The second-order valence-corrected chi connectivity index (χ2v) is 5.15. The number of fused-ring (bicyclic) bond motifs is 1. The molecule has 21 heavy (non-hydrogen) atoms. The van der Waals surface area contributed by atoms with E-state index in [-0.39, 0.29) is 22.6 Å². The van der Waals surface area contributed by atoms with Crippen LogP contribution in [0.5, 0.6) is 0 Å². The Labute approximate surface area is 126 Å². The molecule has 0 aliphatic carbocycles. The minimum atomic E-state index is -0.739. The molecule has 1 aromatic heterocycles. The van der Waals surface area contributed by atoms with Crippen molar-refractivity contribution in [2.75, 3.05) is 4.90 Å². The Bertz CT molecular complexity index is 789. The van der Waals surface area contributed by atoms with Gasteiger partial charge in [-0.15, -0.1) is 0 Å². The highest BCUT2D eigenvalue weighted by Crippen LogP contribution is 2.33. The molecule has 2 aromatic rings. The number of nitro benzene ring substituents is 1. The number of pyridine rings is 1. The van der Waals surface area contributed by atoms with Gasteiger partial charge in [0.05, 0.1) is 10.5 Å². The highest BCUT2D eigenvalue weighted by Gasteiger charge is 2.42. The van der Waals surface area contributed by atoms with Gasteiger partial charge in [0.15, 0.2) is 0 Å². The minimum absolute atomic E-state index is 0.0129. The second-order valence-electron chi connectivity index (χ2n) is 4.24. The Hall–Kier alpha value is -2.61. The van der Waals surface area contributed by atoms with Crippen molar-refractivity contribution < 1.29 is 14.5 Å². The number of rotatable bonds is 2. The van der Waals surface area contributed by atoms with Gasteiger partial charge in [0.2, 0.25) is 0 Å². The highest BCUT2D eigenvalue weighted by atomic mass is 79.9. The van der Waals surface area contributed by atoms with E-state index in [1.807, 2.05) is 0 Å². The Balaban J connectivity index is 2.15. The maximum atomic E-state index is 12.4. The minimum Gasteiger partial charge on any atom is -0.268 e. The largest absolute Gasteiger partial charge is 0.283 e. The number of anilines is 1. The monoisotopic (exact) mass is 347 g/mol. The van der Waals surface area contributed by atoms with Crippen LogP contribution in [0.4, 0.5) is 11.5 Å². The molecule has 0 spiro atoms. The molecular weight excluding hydrogens is 342 g/mol. The van der Waals surface area contributed by atoms with Crippen molar-refractivity contribution in [3.8, 4) is 0 Å². The molecule has 0 N–H and O–H groups in total. The van der Waals surface area contributed by atoms with Crippen LogP contribution in [-0.4, -0.2) is 21.7 Å². The molecule has 1 aliphatic heterocycles. The number of halogens is 1. The molecule has 0 unspecified atom stereocenters. The number of carbonyl (C=O) groups excluding carboxylic acids is 2. The zero-order valence-corrected chi connectivity index (χ0v) is 11.9. The van der Waals surface area contributed by atoms with Crippen molar-refractivity contribution in [3.05, 3.63) is 62.2 Å². The third-order valence-electron chi connectivity index (χ3n) is 3.03. The number of benzene rings is 1. The highest BCUT2D eigenvalue weighted by molar-refractivity contribution is 9.10. The number of carbonyl (C=O) groups is 2. The molecule has 0 radical (unpaired) electrons. The molecule has 0 saturated heterocycles. The Morgan fingerprint density at radius 3 is 2.52 bits per heavy atom. The number of hydrogen-bond donors (Lipinski definition) is 0. The third-order valence-corrected chi connectivity index (χ3v) is 3.50. The lowest BCUT2D eigenvalue weighted by molar-refractivity contribution is -0.385. The Morgan fingerprint density at radius 2 is 1.90 bits per heavy atom. The molecule has 0 atom stereocenters. The van der Waals surface area contributed by atoms with E-state index in [9.17, 15) is 19.7 Å². The number of amides is 2. The lowest BCUT2D eigenvalue weighted by Gasteiger charge is -2.11. The molecule has 2 heterocycles. The van der Waals surface area contributed by atoms with E-state index in [4.69, 9.17) is 0 Å².